The smallest absolute Gasteiger partial charge is 0.335 e. The highest BCUT2D eigenvalue weighted by molar-refractivity contribution is 5.95. The standard InChI is InChI=1S/C17H22F3N3O2/c1-23(10-12-6-2-5-9-14(12)17(18,19)20)11-15(24)22-16(25)21-13-7-3-4-8-13/h2,5-6,9,13H,3-4,7-8,10-11H2,1H3,(H2,21,22,24,25). The molecule has 1 aliphatic rings. The number of hydrogen-bond acceptors (Lipinski definition) is 3. The second-order valence-corrected chi connectivity index (χ2v) is 6.33. The summed E-state index contributed by atoms with van der Waals surface area (Å²) in [5.74, 6) is -0.553. The Morgan fingerprint density at radius 2 is 1.84 bits per heavy atom. The molecule has 0 aliphatic heterocycles. The molecule has 0 radical (unpaired) electrons. The van der Waals surface area contributed by atoms with Gasteiger partial charge in [0, 0.05) is 12.6 Å². The van der Waals surface area contributed by atoms with Crippen LogP contribution in [0, 0.1) is 0 Å². The van der Waals surface area contributed by atoms with Crippen molar-refractivity contribution in [3.63, 3.8) is 0 Å². The third-order valence-electron chi connectivity index (χ3n) is 4.12. The minimum Gasteiger partial charge on any atom is -0.335 e. The number of nitrogens with one attached hydrogen (secondary N) is 2. The zero-order chi connectivity index (χ0) is 18.4. The van der Waals surface area contributed by atoms with Gasteiger partial charge in [-0.25, -0.2) is 4.79 Å². The summed E-state index contributed by atoms with van der Waals surface area (Å²) in [5.41, 5.74) is -0.637. The number of rotatable bonds is 5. The Balaban J connectivity index is 1.84. The molecule has 0 unspecified atom stereocenters. The Hall–Kier alpha value is -2.09. The van der Waals surface area contributed by atoms with Crippen LogP contribution in [0.4, 0.5) is 18.0 Å². The second-order valence-electron chi connectivity index (χ2n) is 6.33. The number of imide groups is 1. The Morgan fingerprint density at radius 1 is 1.20 bits per heavy atom. The van der Waals surface area contributed by atoms with Gasteiger partial charge in [-0.3, -0.25) is 15.0 Å². The van der Waals surface area contributed by atoms with Crippen LogP contribution in [0.25, 0.3) is 0 Å². The summed E-state index contributed by atoms with van der Waals surface area (Å²) < 4.78 is 38.9. The van der Waals surface area contributed by atoms with Crippen LogP contribution < -0.4 is 10.6 Å². The molecule has 1 aromatic rings. The highest BCUT2D eigenvalue weighted by atomic mass is 19.4. The lowest BCUT2D eigenvalue weighted by molar-refractivity contribution is -0.138. The van der Waals surface area contributed by atoms with Crippen molar-refractivity contribution >= 4 is 11.9 Å². The van der Waals surface area contributed by atoms with Crippen molar-refractivity contribution in [2.45, 2.75) is 44.4 Å². The molecule has 1 saturated carbocycles. The van der Waals surface area contributed by atoms with E-state index in [9.17, 15) is 22.8 Å². The van der Waals surface area contributed by atoms with E-state index in [0.717, 1.165) is 31.7 Å². The lowest BCUT2D eigenvalue weighted by Gasteiger charge is -2.19. The maximum atomic E-state index is 13.0. The third-order valence-corrected chi connectivity index (χ3v) is 4.12. The van der Waals surface area contributed by atoms with Gasteiger partial charge in [0.15, 0.2) is 0 Å². The fourth-order valence-corrected chi connectivity index (χ4v) is 2.98. The molecule has 0 heterocycles. The van der Waals surface area contributed by atoms with Crippen molar-refractivity contribution in [2.75, 3.05) is 13.6 Å². The Labute approximate surface area is 144 Å². The summed E-state index contributed by atoms with van der Waals surface area (Å²) in [4.78, 5) is 25.0. The Kier molecular flexibility index (Phi) is 6.41. The molecule has 8 heteroatoms. The average molecular weight is 357 g/mol. The molecule has 25 heavy (non-hydrogen) atoms. The third kappa shape index (κ3) is 6.04. The van der Waals surface area contributed by atoms with Crippen molar-refractivity contribution in [2.24, 2.45) is 0 Å². The summed E-state index contributed by atoms with van der Waals surface area (Å²) in [5, 5.41) is 4.94. The molecule has 0 saturated heterocycles. The highest BCUT2D eigenvalue weighted by Crippen LogP contribution is 2.32. The number of urea groups is 1. The maximum absolute atomic E-state index is 13.0. The summed E-state index contributed by atoms with van der Waals surface area (Å²) >= 11 is 0. The van der Waals surface area contributed by atoms with Crippen LogP contribution in [0.15, 0.2) is 24.3 Å². The number of nitrogens with zero attached hydrogens (tertiary/aromatic N) is 1. The van der Waals surface area contributed by atoms with E-state index in [1.54, 1.807) is 0 Å². The molecule has 1 fully saturated rings. The summed E-state index contributed by atoms with van der Waals surface area (Å²) in [6.45, 7) is -0.225. The molecule has 5 nitrogen and oxygen atoms in total. The van der Waals surface area contributed by atoms with E-state index >= 15 is 0 Å². The molecule has 0 aromatic heterocycles. The first-order chi connectivity index (χ1) is 11.8. The van der Waals surface area contributed by atoms with E-state index in [2.05, 4.69) is 10.6 Å². The molecule has 2 rings (SSSR count). The number of hydrogen-bond donors (Lipinski definition) is 2. The number of likely N-dealkylation sites (N-methyl/N-ethyl adjacent to an activating group) is 1. The van der Waals surface area contributed by atoms with E-state index in [-0.39, 0.29) is 24.7 Å². The van der Waals surface area contributed by atoms with E-state index < -0.39 is 23.7 Å². The minimum atomic E-state index is -4.44. The molecule has 3 amide bonds. The number of alkyl halides is 3. The van der Waals surface area contributed by atoms with E-state index in [1.165, 1.54) is 30.1 Å². The Morgan fingerprint density at radius 3 is 2.48 bits per heavy atom. The number of carbonyl (C=O) groups excluding carboxylic acids is 2. The van der Waals surface area contributed by atoms with Crippen LogP contribution in [-0.2, 0) is 17.5 Å². The molecule has 2 N–H and O–H groups in total. The van der Waals surface area contributed by atoms with Gasteiger partial charge in [-0.15, -0.1) is 0 Å². The summed E-state index contributed by atoms with van der Waals surface area (Å²) in [6.07, 6.45) is -0.535. The van der Waals surface area contributed by atoms with Gasteiger partial charge < -0.3 is 5.32 Å². The maximum Gasteiger partial charge on any atom is 0.416 e. The van der Waals surface area contributed by atoms with Gasteiger partial charge in [-0.1, -0.05) is 31.0 Å². The number of amides is 3. The van der Waals surface area contributed by atoms with E-state index in [4.69, 9.17) is 0 Å². The fourth-order valence-electron chi connectivity index (χ4n) is 2.98. The number of carbonyl (C=O) groups is 2. The quantitative estimate of drug-likeness (QED) is 0.852. The molecular weight excluding hydrogens is 335 g/mol. The molecule has 0 atom stereocenters. The van der Waals surface area contributed by atoms with Crippen molar-refractivity contribution in [3.8, 4) is 0 Å². The van der Waals surface area contributed by atoms with Crippen molar-refractivity contribution < 1.29 is 22.8 Å². The van der Waals surface area contributed by atoms with Crippen LogP contribution in [0.3, 0.4) is 0 Å². The lowest BCUT2D eigenvalue weighted by Crippen LogP contribution is -2.46. The molecular formula is C17H22F3N3O2. The van der Waals surface area contributed by atoms with Gasteiger partial charge in [-0.05, 0) is 31.5 Å². The predicted octanol–water partition coefficient (Wildman–Crippen LogP) is 2.91. The van der Waals surface area contributed by atoms with E-state index in [0.29, 0.717) is 0 Å². The zero-order valence-electron chi connectivity index (χ0n) is 14.0. The molecule has 1 aromatic carbocycles. The fraction of sp³-hybridized carbons (Fsp3) is 0.529. The van der Waals surface area contributed by atoms with Crippen LogP contribution in [0.5, 0.6) is 0 Å². The minimum absolute atomic E-state index is 0.0483. The SMILES string of the molecule is CN(CC(=O)NC(=O)NC1CCCC1)Cc1ccccc1C(F)(F)F. The average Bonchev–Trinajstić information content (AvgIpc) is 2.98. The van der Waals surface area contributed by atoms with Gasteiger partial charge in [0.2, 0.25) is 5.91 Å². The highest BCUT2D eigenvalue weighted by Gasteiger charge is 2.33. The molecule has 0 bridgehead atoms. The van der Waals surface area contributed by atoms with Crippen LogP contribution in [-0.4, -0.2) is 36.5 Å². The zero-order valence-corrected chi connectivity index (χ0v) is 14.0. The predicted molar refractivity (Wildman–Crippen MR) is 86.7 cm³/mol. The van der Waals surface area contributed by atoms with Crippen LogP contribution in [0.2, 0.25) is 0 Å². The van der Waals surface area contributed by atoms with Crippen molar-refractivity contribution in [1.82, 2.24) is 15.5 Å². The normalized spacial score (nSPS) is 15.4. The first-order valence-electron chi connectivity index (χ1n) is 8.19. The van der Waals surface area contributed by atoms with Crippen molar-refractivity contribution in [3.05, 3.63) is 35.4 Å². The van der Waals surface area contributed by atoms with E-state index in [1.807, 2.05) is 0 Å². The summed E-state index contributed by atoms with van der Waals surface area (Å²) in [7, 11) is 1.53. The first-order valence-corrected chi connectivity index (χ1v) is 8.19. The monoisotopic (exact) mass is 357 g/mol. The number of halogens is 3. The second kappa shape index (κ2) is 8.33. The van der Waals surface area contributed by atoms with Crippen LogP contribution >= 0.6 is 0 Å². The topological polar surface area (TPSA) is 61.4 Å². The Bertz CT molecular complexity index is 613. The first kappa shape index (κ1) is 19.2. The lowest BCUT2D eigenvalue weighted by atomic mass is 10.1. The van der Waals surface area contributed by atoms with Crippen molar-refractivity contribution in [1.29, 1.82) is 0 Å². The van der Waals surface area contributed by atoms with Gasteiger partial charge in [0.25, 0.3) is 0 Å². The van der Waals surface area contributed by atoms with Gasteiger partial charge in [0.1, 0.15) is 0 Å². The molecule has 1 aliphatic carbocycles. The van der Waals surface area contributed by atoms with Crippen LogP contribution in [0.1, 0.15) is 36.8 Å². The number of benzene rings is 1. The molecule has 0 spiro atoms. The van der Waals surface area contributed by atoms with Gasteiger partial charge >= 0.3 is 12.2 Å². The summed E-state index contributed by atoms with van der Waals surface area (Å²) in [6, 6.07) is 4.77. The molecule has 138 valence electrons. The van der Waals surface area contributed by atoms with Gasteiger partial charge in [-0.2, -0.15) is 13.2 Å². The van der Waals surface area contributed by atoms with Gasteiger partial charge in [0.05, 0.1) is 12.1 Å². The largest absolute Gasteiger partial charge is 0.416 e.